The molecule has 21 heavy (non-hydrogen) atoms. The fraction of sp³-hybridized carbons (Fsp3) is 0.143. The molecule has 0 atom stereocenters. The zero-order valence-corrected chi connectivity index (χ0v) is 14.1. The van der Waals surface area contributed by atoms with Crippen LogP contribution in [0.2, 0.25) is 0 Å². The summed E-state index contributed by atoms with van der Waals surface area (Å²) in [6.45, 7) is 3.56. The second kappa shape index (κ2) is 6.26. The van der Waals surface area contributed by atoms with Crippen LogP contribution in [0.3, 0.4) is 0 Å². The van der Waals surface area contributed by atoms with Gasteiger partial charge in [-0.1, -0.05) is 24.3 Å². The molecule has 0 saturated heterocycles. The van der Waals surface area contributed by atoms with Gasteiger partial charge in [-0.2, -0.15) is 0 Å². The highest BCUT2D eigenvalue weighted by atomic mass is 33.1. The Morgan fingerprint density at radius 1 is 0.905 bits per heavy atom. The summed E-state index contributed by atoms with van der Waals surface area (Å²) in [5.74, 6) is 0.416. The van der Waals surface area contributed by atoms with E-state index in [1.807, 2.05) is 0 Å². The maximum absolute atomic E-state index is 9.84. The van der Waals surface area contributed by atoms with E-state index in [9.17, 15) is 10.2 Å². The van der Waals surface area contributed by atoms with Crippen molar-refractivity contribution < 1.29 is 19.3 Å². The van der Waals surface area contributed by atoms with Crippen molar-refractivity contribution in [3.05, 3.63) is 47.5 Å². The van der Waals surface area contributed by atoms with E-state index in [2.05, 4.69) is 12.2 Å². The summed E-state index contributed by atoms with van der Waals surface area (Å²) in [6.07, 6.45) is -3.04. The lowest BCUT2D eigenvalue weighted by Gasteiger charge is -2.25. The third-order valence-electron chi connectivity index (χ3n) is 2.80. The minimum absolute atomic E-state index is 0.0316. The second-order valence-electron chi connectivity index (χ2n) is 4.50. The first-order valence-electron chi connectivity index (χ1n) is 6.09. The molecule has 2 N–H and O–H groups in total. The quantitative estimate of drug-likeness (QED) is 0.439. The molecule has 0 radical (unpaired) electrons. The SMILES string of the molecule is Cc1cccc(O)c1O[P+]([S-])(S)Oc1c(C)cccc1O. The number of benzene rings is 2. The smallest absolute Gasteiger partial charge is 0.307 e. The van der Waals surface area contributed by atoms with Crippen molar-refractivity contribution in [2.24, 2.45) is 0 Å². The van der Waals surface area contributed by atoms with Gasteiger partial charge in [0.2, 0.25) is 11.5 Å². The van der Waals surface area contributed by atoms with E-state index in [1.165, 1.54) is 12.1 Å². The van der Waals surface area contributed by atoms with E-state index in [-0.39, 0.29) is 23.0 Å². The maximum atomic E-state index is 9.84. The van der Waals surface area contributed by atoms with Crippen molar-refractivity contribution in [2.45, 2.75) is 13.8 Å². The Labute approximate surface area is 134 Å². The molecule has 2 aromatic rings. The first-order valence-corrected chi connectivity index (χ1v) is 9.88. The average molecular weight is 342 g/mol. The Morgan fingerprint density at radius 2 is 1.29 bits per heavy atom. The van der Waals surface area contributed by atoms with Crippen LogP contribution >= 0.6 is 18.4 Å². The molecular weight excluding hydrogens is 327 g/mol. The van der Waals surface area contributed by atoms with Crippen LogP contribution in [0.4, 0.5) is 0 Å². The number of aromatic hydroxyl groups is 2. The van der Waals surface area contributed by atoms with Crippen molar-refractivity contribution in [1.29, 1.82) is 0 Å². The Hall–Kier alpha value is -1.23. The van der Waals surface area contributed by atoms with Crippen molar-refractivity contribution in [3.63, 3.8) is 0 Å². The number of thiol groups is 1. The number of hydrogen-bond acceptors (Lipinski definition) is 6. The topological polar surface area (TPSA) is 58.9 Å². The van der Waals surface area contributed by atoms with E-state index >= 15 is 0 Å². The summed E-state index contributed by atoms with van der Waals surface area (Å²) >= 11 is 9.51. The van der Waals surface area contributed by atoms with Crippen LogP contribution in [-0.4, -0.2) is 10.2 Å². The molecule has 0 amide bonds. The Kier molecular flexibility index (Phi) is 4.81. The Balaban J connectivity index is 2.27. The average Bonchev–Trinajstić information content (AvgIpc) is 2.39. The van der Waals surface area contributed by atoms with Crippen LogP contribution in [0.1, 0.15) is 11.1 Å². The number of phenols is 2. The van der Waals surface area contributed by atoms with Gasteiger partial charge >= 0.3 is 6.12 Å². The molecule has 7 heteroatoms. The monoisotopic (exact) mass is 342 g/mol. The zero-order chi connectivity index (χ0) is 15.6. The first-order chi connectivity index (χ1) is 9.80. The molecule has 0 unspecified atom stereocenters. The van der Waals surface area contributed by atoms with Crippen LogP contribution in [0.15, 0.2) is 36.4 Å². The zero-order valence-electron chi connectivity index (χ0n) is 11.5. The van der Waals surface area contributed by atoms with Gasteiger partial charge in [-0.25, -0.2) is 0 Å². The molecule has 0 saturated carbocycles. The van der Waals surface area contributed by atoms with Gasteiger partial charge in [-0.15, -0.1) is 0 Å². The minimum Gasteiger partial charge on any atom is -0.504 e. The molecule has 0 heterocycles. The molecule has 2 rings (SSSR count). The molecule has 0 fully saturated rings. The number of hydrogen-bond donors (Lipinski definition) is 3. The molecule has 0 spiro atoms. The van der Waals surface area contributed by atoms with Gasteiger partial charge in [0, 0.05) is 11.1 Å². The molecule has 0 bridgehead atoms. The fourth-order valence-electron chi connectivity index (χ4n) is 1.76. The van der Waals surface area contributed by atoms with Gasteiger partial charge in [-0.3, -0.25) is 0 Å². The van der Waals surface area contributed by atoms with Gasteiger partial charge in [0.15, 0.2) is 11.5 Å². The van der Waals surface area contributed by atoms with Gasteiger partial charge < -0.3 is 31.5 Å². The minimum atomic E-state index is -3.04. The molecule has 112 valence electrons. The van der Waals surface area contributed by atoms with E-state index in [0.717, 1.165) is 11.1 Å². The van der Waals surface area contributed by atoms with Crippen molar-refractivity contribution in [3.8, 4) is 23.0 Å². The molecule has 0 aliphatic carbocycles. The third-order valence-corrected chi connectivity index (χ3v) is 4.56. The molecule has 4 nitrogen and oxygen atoms in total. The Morgan fingerprint density at radius 3 is 1.62 bits per heavy atom. The van der Waals surface area contributed by atoms with E-state index in [4.69, 9.17) is 21.3 Å². The molecule has 0 aromatic heterocycles. The molecule has 2 aromatic carbocycles. The van der Waals surface area contributed by atoms with E-state index in [0.29, 0.717) is 0 Å². The van der Waals surface area contributed by atoms with Gasteiger partial charge in [0.25, 0.3) is 0 Å². The number of para-hydroxylation sites is 2. The van der Waals surface area contributed by atoms with Crippen molar-refractivity contribution >= 4 is 30.6 Å². The normalized spacial score (nSPS) is 11.2. The third kappa shape index (κ3) is 3.90. The molecule has 0 aliphatic rings. The summed E-state index contributed by atoms with van der Waals surface area (Å²) < 4.78 is 11.2. The number of rotatable bonds is 4. The van der Waals surface area contributed by atoms with Crippen LogP contribution < -0.4 is 9.05 Å². The summed E-state index contributed by atoms with van der Waals surface area (Å²) in [7, 11) is 0. The van der Waals surface area contributed by atoms with Crippen molar-refractivity contribution in [1.82, 2.24) is 0 Å². The largest absolute Gasteiger partial charge is 0.504 e. The maximum Gasteiger partial charge on any atom is 0.307 e. The fourth-order valence-corrected chi connectivity index (χ4v) is 3.67. The lowest BCUT2D eigenvalue weighted by atomic mass is 10.2. The Bertz CT molecular complexity index is 565. The number of aryl methyl sites for hydroxylation is 2. The predicted molar refractivity (Wildman–Crippen MR) is 90.2 cm³/mol. The second-order valence-corrected chi connectivity index (χ2v) is 9.63. The summed E-state index contributed by atoms with van der Waals surface area (Å²) in [5.41, 5.74) is 1.44. The van der Waals surface area contributed by atoms with Crippen LogP contribution in [0.25, 0.3) is 0 Å². The van der Waals surface area contributed by atoms with Gasteiger partial charge in [-0.05, 0) is 26.0 Å². The molecule has 0 aliphatic heterocycles. The summed E-state index contributed by atoms with van der Waals surface area (Å²) in [4.78, 5) is 0. The van der Waals surface area contributed by atoms with Gasteiger partial charge in [0.05, 0.1) is 12.2 Å². The number of phenolic OH excluding ortho intramolecular Hbond substituents is 2. The lowest BCUT2D eigenvalue weighted by Crippen LogP contribution is -2.03. The predicted octanol–water partition coefficient (Wildman–Crippen LogP) is 4.33. The summed E-state index contributed by atoms with van der Waals surface area (Å²) in [5, 5.41) is 19.7. The first kappa shape index (κ1) is 16.1. The van der Waals surface area contributed by atoms with Crippen molar-refractivity contribution in [2.75, 3.05) is 0 Å². The van der Waals surface area contributed by atoms with Crippen LogP contribution in [-0.2, 0) is 12.2 Å². The highest BCUT2D eigenvalue weighted by molar-refractivity contribution is 8.76. The van der Waals surface area contributed by atoms with Gasteiger partial charge in [0.1, 0.15) is 0 Å². The van der Waals surface area contributed by atoms with Crippen LogP contribution in [0.5, 0.6) is 23.0 Å². The standard InChI is InChI=1S/C14H15O4PS2/c1-9-5-3-7-11(15)13(9)17-19(20,21)18-14-10(2)6-4-8-12(14)16/h3-8,15-16H,1-2H3,(H,20,21). The van der Waals surface area contributed by atoms with E-state index in [1.54, 1.807) is 38.1 Å². The lowest BCUT2D eigenvalue weighted by molar-refractivity contribution is 0.415. The van der Waals surface area contributed by atoms with E-state index < -0.39 is 6.12 Å². The molecular formula is C14H15O4PS2. The highest BCUT2D eigenvalue weighted by Gasteiger charge is 2.30. The summed E-state index contributed by atoms with van der Waals surface area (Å²) in [6, 6.07) is 9.96. The van der Waals surface area contributed by atoms with Crippen LogP contribution in [0, 0.1) is 13.8 Å². The highest BCUT2D eigenvalue weighted by Crippen LogP contribution is 2.64.